The van der Waals surface area contributed by atoms with E-state index in [4.69, 9.17) is 0 Å². The Balaban J connectivity index is 1.75. The van der Waals surface area contributed by atoms with Gasteiger partial charge in [-0.05, 0) is 26.2 Å². The first kappa shape index (κ1) is 17.8. The summed E-state index contributed by atoms with van der Waals surface area (Å²) in [5.41, 5.74) is 1.65. The largest absolute Gasteiger partial charge is 0.353 e. The van der Waals surface area contributed by atoms with Gasteiger partial charge in [0.15, 0.2) is 5.16 Å². The van der Waals surface area contributed by atoms with Gasteiger partial charge in [-0.15, -0.1) is 0 Å². The molecular weight excluding hydrogens is 346 g/mol. The van der Waals surface area contributed by atoms with Gasteiger partial charge in [-0.2, -0.15) is 0 Å². The lowest BCUT2D eigenvalue weighted by atomic mass is 10.3. The van der Waals surface area contributed by atoms with Crippen LogP contribution in [0.2, 0.25) is 0 Å². The van der Waals surface area contributed by atoms with Gasteiger partial charge >= 0.3 is 0 Å². The van der Waals surface area contributed by atoms with Crippen LogP contribution in [0.3, 0.4) is 0 Å². The number of aromatic nitrogens is 4. The van der Waals surface area contributed by atoms with Crippen molar-refractivity contribution >= 4 is 23.5 Å². The first-order valence-electron chi connectivity index (χ1n) is 7.99. The molecule has 25 heavy (non-hydrogen) atoms. The number of hydrogen-bond donors (Lipinski definition) is 0. The molecule has 3 heterocycles. The van der Waals surface area contributed by atoms with Crippen LogP contribution in [0.1, 0.15) is 23.5 Å². The number of piperazine rings is 1. The van der Waals surface area contributed by atoms with Crippen LogP contribution >= 0.6 is 11.8 Å². The molecule has 0 radical (unpaired) electrons. The Morgan fingerprint density at radius 2 is 1.52 bits per heavy atom. The Bertz CT molecular complexity index is 729. The van der Waals surface area contributed by atoms with Crippen LogP contribution in [0, 0.1) is 13.8 Å². The summed E-state index contributed by atoms with van der Waals surface area (Å²) in [6, 6.07) is 3.32. The molecule has 3 rings (SSSR count). The van der Waals surface area contributed by atoms with Gasteiger partial charge in [0.25, 0.3) is 6.43 Å². The zero-order valence-corrected chi connectivity index (χ0v) is 15.2. The molecule has 1 aliphatic rings. The van der Waals surface area contributed by atoms with E-state index in [1.54, 1.807) is 6.26 Å². The fourth-order valence-electron chi connectivity index (χ4n) is 2.78. The second-order valence-electron chi connectivity index (χ2n) is 5.86. The molecule has 1 aliphatic heterocycles. The number of rotatable bonds is 4. The molecule has 0 bridgehead atoms. The number of halogens is 2. The van der Waals surface area contributed by atoms with Crippen LogP contribution in [0.4, 0.5) is 20.5 Å². The van der Waals surface area contributed by atoms with Crippen molar-refractivity contribution in [2.75, 3.05) is 42.2 Å². The molecule has 2 aromatic rings. The van der Waals surface area contributed by atoms with Gasteiger partial charge in [0.05, 0.1) is 0 Å². The number of hydrogen-bond acceptors (Lipinski definition) is 7. The molecule has 0 aliphatic carbocycles. The molecule has 6 nitrogen and oxygen atoms in total. The van der Waals surface area contributed by atoms with Gasteiger partial charge in [0.1, 0.15) is 11.5 Å². The molecule has 0 atom stereocenters. The van der Waals surface area contributed by atoms with E-state index >= 15 is 0 Å². The maximum absolute atomic E-state index is 13.0. The standard InChI is InChI=1S/C16H20F2N6S/c1-10-8-11(2)20-15(19-10)24-6-4-23(5-7-24)13-9-12(14(17)18)21-16(22-13)25-3/h8-9,14H,4-7H2,1-3H3. The number of thioether (sulfide) groups is 1. The molecule has 2 aromatic heterocycles. The van der Waals surface area contributed by atoms with Gasteiger partial charge in [0.2, 0.25) is 5.95 Å². The second-order valence-corrected chi connectivity index (χ2v) is 6.64. The van der Waals surface area contributed by atoms with Crippen molar-refractivity contribution in [3.8, 4) is 0 Å². The van der Waals surface area contributed by atoms with Gasteiger partial charge < -0.3 is 9.80 Å². The van der Waals surface area contributed by atoms with Gasteiger partial charge in [-0.1, -0.05) is 11.8 Å². The summed E-state index contributed by atoms with van der Waals surface area (Å²) >= 11 is 1.27. The summed E-state index contributed by atoms with van der Waals surface area (Å²) in [7, 11) is 0. The molecule has 0 unspecified atom stereocenters. The Morgan fingerprint density at radius 3 is 2.08 bits per heavy atom. The van der Waals surface area contributed by atoms with Crippen molar-refractivity contribution in [2.24, 2.45) is 0 Å². The minimum atomic E-state index is -2.60. The van der Waals surface area contributed by atoms with E-state index in [1.807, 2.05) is 24.8 Å². The monoisotopic (exact) mass is 366 g/mol. The van der Waals surface area contributed by atoms with E-state index in [1.165, 1.54) is 17.8 Å². The van der Waals surface area contributed by atoms with Gasteiger partial charge in [-0.3, -0.25) is 0 Å². The van der Waals surface area contributed by atoms with E-state index in [2.05, 4.69) is 24.8 Å². The summed E-state index contributed by atoms with van der Waals surface area (Å²) in [5.74, 6) is 1.27. The SMILES string of the molecule is CSc1nc(C(F)F)cc(N2CCN(c3nc(C)cc(C)n3)CC2)n1. The minimum absolute atomic E-state index is 0.227. The first-order valence-corrected chi connectivity index (χ1v) is 9.22. The molecule has 0 N–H and O–H groups in total. The van der Waals surface area contributed by atoms with E-state index < -0.39 is 6.43 Å². The number of alkyl halides is 2. The first-order chi connectivity index (χ1) is 12.0. The molecule has 0 amide bonds. The van der Waals surface area contributed by atoms with Crippen LogP contribution < -0.4 is 9.80 Å². The third kappa shape index (κ3) is 4.15. The maximum atomic E-state index is 13.0. The summed E-state index contributed by atoms with van der Waals surface area (Å²) in [6.45, 7) is 6.67. The van der Waals surface area contributed by atoms with Crippen molar-refractivity contribution in [2.45, 2.75) is 25.4 Å². The zero-order valence-electron chi connectivity index (χ0n) is 14.4. The van der Waals surface area contributed by atoms with Crippen molar-refractivity contribution in [1.82, 2.24) is 19.9 Å². The van der Waals surface area contributed by atoms with Gasteiger partial charge in [-0.25, -0.2) is 28.7 Å². The summed E-state index contributed by atoms with van der Waals surface area (Å²) in [5, 5.41) is 0.368. The fourth-order valence-corrected chi connectivity index (χ4v) is 3.16. The van der Waals surface area contributed by atoms with Crippen molar-refractivity contribution in [1.29, 1.82) is 0 Å². The molecular formula is C16H20F2N6S. The normalized spacial score (nSPS) is 15.1. The van der Waals surface area contributed by atoms with E-state index in [0.717, 1.165) is 17.3 Å². The van der Waals surface area contributed by atoms with E-state index in [9.17, 15) is 8.78 Å². The average molecular weight is 366 g/mol. The van der Waals surface area contributed by atoms with Crippen LogP contribution in [0.5, 0.6) is 0 Å². The van der Waals surface area contributed by atoms with Crippen LogP contribution in [0.15, 0.2) is 17.3 Å². The maximum Gasteiger partial charge on any atom is 0.280 e. The van der Waals surface area contributed by atoms with Crippen molar-refractivity contribution in [3.05, 3.63) is 29.2 Å². The molecule has 0 spiro atoms. The molecule has 0 aromatic carbocycles. The Kier molecular flexibility index (Phi) is 5.31. The fraction of sp³-hybridized carbons (Fsp3) is 0.500. The van der Waals surface area contributed by atoms with Gasteiger partial charge in [0, 0.05) is 43.6 Å². The molecule has 1 fully saturated rings. The lowest BCUT2D eigenvalue weighted by Crippen LogP contribution is -2.47. The van der Waals surface area contributed by atoms with Crippen LogP contribution in [-0.4, -0.2) is 52.4 Å². The summed E-state index contributed by atoms with van der Waals surface area (Å²) in [6.07, 6.45) is -0.818. The number of anilines is 2. The smallest absolute Gasteiger partial charge is 0.280 e. The number of aryl methyl sites for hydroxylation is 2. The quantitative estimate of drug-likeness (QED) is 0.609. The predicted octanol–water partition coefficient (Wildman–Crippen LogP) is 2.87. The Morgan fingerprint density at radius 1 is 0.920 bits per heavy atom. The van der Waals surface area contributed by atoms with Crippen LogP contribution in [-0.2, 0) is 0 Å². The molecule has 134 valence electrons. The highest BCUT2D eigenvalue weighted by Crippen LogP contribution is 2.25. The highest BCUT2D eigenvalue weighted by Gasteiger charge is 2.22. The lowest BCUT2D eigenvalue weighted by Gasteiger charge is -2.35. The summed E-state index contributed by atoms with van der Waals surface area (Å²) < 4.78 is 26.1. The average Bonchev–Trinajstić information content (AvgIpc) is 2.60. The summed E-state index contributed by atoms with van der Waals surface area (Å²) in [4.78, 5) is 21.3. The third-order valence-electron chi connectivity index (χ3n) is 3.98. The van der Waals surface area contributed by atoms with Crippen LogP contribution in [0.25, 0.3) is 0 Å². The molecule has 1 saturated heterocycles. The predicted molar refractivity (Wildman–Crippen MR) is 94.7 cm³/mol. The Labute approximate surface area is 149 Å². The zero-order chi connectivity index (χ0) is 18.0. The number of nitrogens with zero attached hydrogens (tertiary/aromatic N) is 6. The third-order valence-corrected chi connectivity index (χ3v) is 4.52. The second kappa shape index (κ2) is 7.47. The topological polar surface area (TPSA) is 58.0 Å². The highest BCUT2D eigenvalue weighted by molar-refractivity contribution is 7.98. The lowest BCUT2D eigenvalue weighted by molar-refractivity contribution is 0.145. The minimum Gasteiger partial charge on any atom is -0.353 e. The Hall–Kier alpha value is -2.03. The van der Waals surface area contributed by atoms with Crippen molar-refractivity contribution < 1.29 is 8.78 Å². The van der Waals surface area contributed by atoms with Crippen molar-refractivity contribution in [3.63, 3.8) is 0 Å². The van der Waals surface area contributed by atoms with E-state index in [0.29, 0.717) is 37.2 Å². The molecule has 9 heteroatoms. The molecule has 0 saturated carbocycles. The van der Waals surface area contributed by atoms with E-state index in [-0.39, 0.29) is 5.69 Å². The highest BCUT2D eigenvalue weighted by atomic mass is 32.2.